The predicted molar refractivity (Wildman–Crippen MR) is 111 cm³/mol. The molecule has 0 fully saturated rings. The molecule has 0 aliphatic rings. The van der Waals surface area contributed by atoms with Gasteiger partial charge in [-0.05, 0) is 66.3 Å². The summed E-state index contributed by atoms with van der Waals surface area (Å²) in [5.41, 5.74) is 2.64. The van der Waals surface area contributed by atoms with Gasteiger partial charge in [-0.15, -0.1) is 0 Å². The molecule has 0 bridgehead atoms. The van der Waals surface area contributed by atoms with Gasteiger partial charge >= 0.3 is 0 Å². The highest BCUT2D eigenvalue weighted by molar-refractivity contribution is 5.70. The number of ether oxygens (including phenoxy) is 1. The molecule has 0 aliphatic heterocycles. The SMILES string of the molecule is CCOc1ccc(/C=C/c2c(F)cc(CC(C)c3ccccc3)cc2F)cc1. The minimum atomic E-state index is -0.544. The number of hydrogen-bond donors (Lipinski definition) is 0. The lowest BCUT2D eigenvalue weighted by Gasteiger charge is -2.13. The fraction of sp³-hybridized carbons (Fsp3) is 0.200. The smallest absolute Gasteiger partial charge is 0.133 e. The van der Waals surface area contributed by atoms with Crippen molar-refractivity contribution in [1.82, 2.24) is 0 Å². The van der Waals surface area contributed by atoms with Crippen molar-refractivity contribution in [3.63, 3.8) is 0 Å². The van der Waals surface area contributed by atoms with E-state index in [0.29, 0.717) is 18.6 Å². The largest absolute Gasteiger partial charge is 0.494 e. The first kappa shape index (κ1) is 19.8. The maximum absolute atomic E-state index is 14.5. The molecule has 1 nitrogen and oxygen atoms in total. The lowest BCUT2D eigenvalue weighted by Crippen LogP contribution is -2.01. The van der Waals surface area contributed by atoms with Crippen LogP contribution in [-0.4, -0.2) is 6.61 Å². The molecule has 3 rings (SSSR count). The lowest BCUT2D eigenvalue weighted by atomic mass is 9.93. The number of benzene rings is 3. The number of rotatable bonds is 7. The van der Waals surface area contributed by atoms with Gasteiger partial charge in [0.05, 0.1) is 6.61 Å². The normalized spacial score (nSPS) is 12.3. The van der Waals surface area contributed by atoms with Crippen molar-refractivity contribution >= 4 is 12.2 Å². The standard InChI is InChI=1S/C25H24F2O/c1-3-28-22-12-9-19(10-13-22)11-14-23-24(26)16-20(17-25(23)27)15-18(2)21-7-5-4-6-8-21/h4-14,16-18H,3,15H2,1-2H3/b14-11+. The summed E-state index contributed by atoms with van der Waals surface area (Å²) in [6.45, 7) is 4.58. The van der Waals surface area contributed by atoms with Gasteiger partial charge in [-0.2, -0.15) is 0 Å². The van der Waals surface area contributed by atoms with E-state index in [4.69, 9.17) is 4.74 Å². The molecule has 3 aromatic rings. The van der Waals surface area contributed by atoms with Crippen molar-refractivity contribution in [1.29, 1.82) is 0 Å². The van der Waals surface area contributed by atoms with E-state index in [2.05, 4.69) is 6.92 Å². The van der Waals surface area contributed by atoms with Gasteiger partial charge in [0, 0.05) is 5.56 Å². The molecular formula is C25H24F2O. The second-order valence-corrected chi connectivity index (χ2v) is 6.82. The monoisotopic (exact) mass is 378 g/mol. The van der Waals surface area contributed by atoms with Crippen LogP contribution < -0.4 is 4.74 Å². The van der Waals surface area contributed by atoms with Crippen LogP contribution in [0.25, 0.3) is 12.2 Å². The summed E-state index contributed by atoms with van der Waals surface area (Å²) in [6.07, 6.45) is 3.76. The molecule has 0 aromatic heterocycles. The lowest BCUT2D eigenvalue weighted by molar-refractivity contribution is 0.340. The highest BCUT2D eigenvalue weighted by Crippen LogP contribution is 2.24. The minimum absolute atomic E-state index is 0.0231. The second-order valence-electron chi connectivity index (χ2n) is 6.82. The van der Waals surface area contributed by atoms with Gasteiger partial charge in [0.1, 0.15) is 17.4 Å². The third-order valence-corrected chi connectivity index (χ3v) is 4.68. The topological polar surface area (TPSA) is 9.23 Å². The quantitative estimate of drug-likeness (QED) is 0.407. The van der Waals surface area contributed by atoms with Gasteiger partial charge in [-0.3, -0.25) is 0 Å². The highest BCUT2D eigenvalue weighted by atomic mass is 19.1. The summed E-state index contributed by atoms with van der Waals surface area (Å²) in [5, 5.41) is 0. The van der Waals surface area contributed by atoms with E-state index < -0.39 is 11.6 Å². The Hall–Kier alpha value is -2.94. The van der Waals surface area contributed by atoms with Gasteiger partial charge in [-0.1, -0.05) is 55.5 Å². The molecule has 0 radical (unpaired) electrons. The molecule has 28 heavy (non-hydrogen) atoms. The molecule has 0 spiro atoms. The minimum Gasteiger partial charge on any atom is -0.494 e. The Bertz CT molecular complexity index is 908. The van der Waals surface area contributed by atoms with Crippen molar-refractivity contribution < 1.29 is 13.5 Å². The maximum Gasteiger partial charge on any atom is 0.133 e. The Labute approximate surface area is 165 Å². The summed E-state index contributed by atoms with van der Waals surface area (Å²) >= 11 is 0. The highest BCUT2D eigenvalue weighted by Gasteiger charge is 2.12. The fourth-order valence-corrected chi connectivity index (χ4v) is 3.19. The molecule has 0 saturated carbocycles. The molecule has 1 atom stereocenters. The van der Waals surface area contributed by atoms with E-state index in [1.807, 2.05) is 61.5 Å². The van der Waals surface area contributed by atoms with Crippen LogP contribution in [0.3, 0.4) is 0 Å². The molecule has 3 heteroatoms. The van der Waals surface area contributed by atoms with Crippen LogP contribution in [0.5, 0.6) is 5.75 Å². The van der Waals surface area contributed by atoms with Gasteiger partial charge in [-0.25, -0.2) is 8.78 Å². The Kier molecular flexibility index (Phi) is 6.59. The summed E-state index contributed by atoms with van der Waals surface area (Å²) < 4.78 is 34.4. The van der Waals surface area contributed by atoms with Gasteiger partial charge < -0.3 is 4.74 Å². The molecule has 0 aliphatic carbocycles. The van der Waals surface area contributed by atoms with Crippen LogP contribution in [0.2, 0.25) is 0 Å². The van der Waals surface area contributed by atoms with Crippen LogP contribution >= 0.6 is 0 Å². The average Bonchev–Trinajstić information content (AvgIpc) is 2.69. The Morgan fingerprint density at radius 2 is 1.54 bits per heavy atom. The molecule has 0 N–H and O–H groups in total. The Morgan fingerprint density at radius 3 is 2.14 bits per heavy atom. The summed E-state index contributed by atoms with van der Waals surface area (Å²) in [5.74, 6) is -0.131. The van der Waals surface area contributed by atoms with E-state index in [-0.39, 0.29) is 11.5 Å². The van der Waals surface area contributed by atoms with Crippen LogP contribution in [0.4, 0.5) is 8.78 Å². The van der Waals surface area contributed by atoms with Crippen molar-refractivity contribution in [3.05, 3.63) is 101 Å². The van der Waals surface area contributed by atoms with Gasteiger partial charge in [0.15, 0.2) is 0 Å². The Morgan fingerprint density at radius 1 is 0.893 bits per heavy atom. The van der Waals surface area contributed by atoms with Crippen molar-refractivity contribution in [2.45, 2.75) is 26.2 Å². The van der Waals surface area contributed by atoms with Gasteiger partial charge in [0.25, 0.3) is 0 Å². The maximum atomic E-state index is 14.5. The summed E-state index contributed by atoms with van der Waals surface area (Å²) in [6, 6.07) is 20.2. The summed E-state index contributed by atoms with van der Waals surface area (Å²) in [7, 11) is 0. The van der Waals surface area contributed by atoms with Crippen LogP contribution in [0.1, 0.15) is 42.0 Å². The molecule has 0 saturated heterocycles. The van der Waals surface area contributed by atoms with Crippen LogP contribution in [0.15, 0.2) is 66.7 Å². The first-order valence-corrected chi connectivity index (χ1v) is 9.50. The number of halogens is 2. The number of hydrogen-bond acceptors (Lipinski definition) is 1. The first-order chi connectivity index (χ1) is 13.6. The summed E-state index contributed by atoms with van der Waals surface area (Å²) in [4.78, 5) is 0. The second kappa shape index (κ2) is 9.32. The predicted octanol–water partition coefficient (Wildman–Crippen LogP) is 6.88. The van der Waals surface area contributed by atoms with Crippen LogP contribution in [0, 0.1) is 11.6 Å². The van der Waals surface area contributed by atoms with Crippen LogP contribution in [-0.2, 0) is 6.42 Å². The van der Waals surface area contributed by atoms with E-state index in [1.165, 1.54) is 18.2 Å². The molecular weight excluding hydrogens is 354 g/mol. The third kappa shape index (κ3) is 5.07. The van der Waals surface area contributed by atoms with Crippen molar-refractivity contribution in [3.8, 4) is 5.75 Å². The van der Waals surface area contributed by atoms with Gasteiger partial charge in [0.2, 0.25) is 0 Å². The third-order valence-electron chi connectivity index (χ3n) is 4.68. The molecule has 3 aromatic carbocycles. The van der Waals surface area contributed by atoms with E-state index in [1.54, 1.807) is 6.08 Å². The van der Waals surface area contributed by atoms with E-state index >= 15 is 0 Å². The van der Waals surface area contributed by atoms with Crippen molar-refractivity contribution in [2.75, 3.05) is 6.61 Å². The molecule has 0 heterocycles. The zero-order valence-electron chi connectivity index (χ0n) is 16.2. The first-order valence-electron chi connectivity index (χ1n) is 9.50. The molecule has 144 valence electrons. The average molecular weight is 378 g/mol. The van der Waals surface area contributed by atoms with E-state index in [9.17, 15) is 8.78 Å². The zero-order chi connectivity index (χ0) is 19.9. The fourth-order valence-electron chi connectivity index (χ4n) is 3.19. The zero-order valence-corrected chi connectivity index (χ0v) is 16.2. The molecule has 1 unspecified atom stereocenters. The van der Waals surface area contributed by atoms with E-state index in [0.717, 1.165) is 16.9 Å². The Balaban J connectivity index is 1.74. The molecule has 0 amide bonds. The van der Waals surface area contributed by atoms with Crippen molar-refractivity contribution in [2.24, 2.45) is 0 Å².